The summed E-state index contributed by atoms with van der Waals surface area (Å²) in [4.78, 5) is 99.4. The number of hydrogen-bond acceptors (Lipinski definition) is 10. The number of nitrogens with two attached hydrogens (primary N) is 1. The molecular weight excluding hydrogens is 656 g/mol. The molecule has 0 aromatic heterocycles. The fraction of sp³-hybridized carbons (Fsp3) is 0.594. The Labute approximate surface area is 290 Å². The molecule has 278 valence electrons. The zero-order valence-electron chi connectivity index (χ0n) is 29.9. The summed E-state index contributed by atoms with van der Waals surface area (Å²) in [7, 11) is 0. The van der Waals surface area contributed by atoms with Gasteiger partial charge in [-0.2, -0.15) is 0 Å². The fourth-order valence-electron chi connectivity index (χ4n) is 4.26. The zero-order chi connectivity index (χ0) is 38.5. The minimum absolute atomic E-state index is 0.160. The molecule has 0 saturated heterocycles. The van der Waals surface area contributed by atoms with Crippen molar-refractivity contribution in [3.05, 3.63) is 34.4 Å². The zero-order valence-corrected chi connectivity index (χ0v) is 29.9. The van der Waals surface area contributed by atoms with Crippen LogP contribution >= 0.6 is 0 Å². The van der Waals surface area contributed by atoms with E-state index in [2.05, 4.69) is 31.9 Å². The van der Waals surface area contributed by atoms with E-state index in [-0.39, 0.29) is 24.2 Å². The van der Waals surface area contributed by atoms with E-state index in [0.717, 1.165) is 0 Å². The second-order valence-corrected chi connectivity index (χ2v) is 13.4. The van der Waals surface area contributed by atoms with Crippen molar-refractivity contribution in [2.75, 3.05) is 5.32 Å². The molecule has 0 fully saturated rings. The van der Waals surface area contributed by atoms with E-state index in [9.17, 15) is 43.7 Å². The highest BCUT2D eigenvalue weighted by Crippen LogP contribution is 2.16. The first-order valence-electron chi connectivity index (χ1n) is 16.1. The van der Waals surface area contributed by atoms with E-state index in [0.29, 0.717) is 0 Å². The SMILES string of the molecule is CC(C)[C@H](NC(=O)[C@H](NC(=O)[C@H](CCC(N)=O)NC(=O)OC(C)(C)C)C(C)C)C(=O)N[C@@H](C)C(=O)N[C@@H](C)C(=O)Nc1ccc([N+](=O)[O-])cc1. The van der Waals surface area contributed by atoms with Gasteiger partial charge in [0.2, 0.25) is 35.4 Å². The lowest BCUT2D eigenvalue weighted by Gasteiger charge is -2.29. The number of alkyl carbamates (subject to hydrolysis) is 1. The molecule has 7 amide bonds. The van der Waals surface area contributed by atoms with Crippen molar-refractivity contribution in [2.24, 2.45) is 17.6 Å². The number of primary amides is 1. The van der Waals surface area contributed by atoms with Gasteiger partial charge in [-0.05, 0) is 65.0 Å². The third-order valence-corrected chi connectivity index (χ3v) is 7.03. The van der Waals surface area contributed by atoms with Crippen molar-refractivity contribution in [2.45, 2.75) is 111 Å². The van der Waals surface area contributed by atoms with Crippen LogP contribution in [0.15, 0.2) is 24.3 Å². The Balaban J connectivity index is 2.93. The second-order valence-electron chi connectivity index (χ2n) is 13.4. The number of hydrogen-bond donors (Lipinski definition) is 7. The number of non-ortho nitro benzene ring substituents is 1. The monoisotopic (exact) mass is 706 g/mol. The van der Waals surface area contributed by atoms with E-state index >= 15 is 0 Å². The van der Waals surface area contributed by atoms with Gasteiger partial charge in [-0.3, -0.25) is 38.9 Å². The van der Waals surface area contributed by atoms with Crippen LogP contribution in [0.25, 0.3) is 0 Å². The Morgan fingerprint density at radius 2 is 1.18 bits per heavy atom. The summed E-state index contributed by atoms with van der Waals surface area (Å²) in [5.41, 5.74) is 4.48. The molecule has 8 N–H and O–H groups in total. The summed E-state index contributed by atoms with van der Waals surface area (Å²) in [6.45, 7) is 14.3. The van der Waals surface area contributed by atoms with Crippen LogP contribution in [0.5, 0.6) is 0 Å². The third kappa shape index (κ3) is 14.9. The van der Waals surface area contributed by atoms with Crippen molar-refractivity contribution in [3.63, 3.8) is 0 Å². The lowest BCUT2D eigenvalue weighted by Crippen LogP contribution is -2.60. The van der Waals surface area contributed by atoms with E-state index in [1.54, 1.807) is 48.5 Å². The minimum atomic E-state index is -1.27. The molecule has 0 radical (unpaired) electrons. The maximum Gasteiger partial charge on any atom is 0.408 e. The second kappa shape index (κ2) is 19.0. The summed E-state index contributed by atoms with van der Waals surface area (Å²) in [5.74, 6) is -5.20. The number of nitrogens with one attached hydrogen (secondary N) is 6. The third-order valence-electron chi connectivity index (χ3n) is 7.03. The van der Waals surface area contributed by atoms with Gasteiger partial charge in [0.15, 0.2) is 0 Å². The van der Waals surface area contributed by atoms with Crippen LogP contribution in [-0.2, 0) is 33.5 Å². The summed E-state index contributed by atoms with van der Waals surface area (Å²) < 4.78 is 5.21. The molecule has 0 unspecified atom stereocenters. The number of nitrogens with zero attached hydrogens (tertiary/aromatic N) is 1. The van der Waals surface area contributed by atoms with Crippen LogP contribution in [-0.4, -0.2) is 82.3 Å². The van der Waals surface area contributed by atoms with Gasteiger partial charge in [0.1, 0.15) is 35.8 Å². The largest absolute Gasteiger partial charge is 0.444 e. The van der Waals surface area contributed by atoms with Crippen LogP contribution in [0.1, 0.15) is 75.2 Å². The van der Waals surface area contributed by atoms with E-state index in [1.165, 1.54) is 38.1 Å². The first-order valence-corrected chi connectivity index (χ1v) is 16.1. The first-order chi connectivity index (χ1) is 23.0. The molecule has 1 aromatic carbocycles. The highest BCUT2D eigenvalue weighted by molar-refractivity contribution is 5.99. The maximum atomic E-state index is 13.4. The molecule has 0 aliphatic rings. The van der Waals surface area contributed by atoms with Gasteiger partial charge in [-0.15, -0.1) is 0 Å². The van der Waals surface area contributed by atoms with Crippen molar-refractivity contribution >= 4 is 52.9 Å². The van der Waals surface area contributed by atoms with Crippen molar-refractivity contribution < 1.29 is 43.2 Å². The van der Waals surface area contributed by atoms with Gasteiger partial charge in [-0.25, -0.2) is 4.79 Å². The van der Waals surface area contributed by atoms with Gasteiger partial charge in [0.05, 0.1) is 4.92 Å². The summed E-state index contributed by atoms with van der Waals surface area (Å²) in [5, 5.41) is 25.9. The predicted molar refractivity (Wildman–Crippen MR) is 182 cm³/mol. The van der Waals surface area contributed by atoms with Crippen LogP contribution in [0, 0.1) is 22.0 Å². The Hall–Kier alpha value is -5.29. The predicted octanol–water partition coefficient (Wildman–Crippen LogP) is 0.983. The van der Waals surface area contributed by atoms with Crippen LogP contribution < -0.4 is 37.6 Å². The molecule has 0 saturated carbocycles. The Morgan fingerprint density at radius 1 is 0.720 bits per heavy atom. The topological polar surface area (TPSA) is 270 Å². The Kier molecular flexibility index (Phi) is 16.3. The van der Waals surface area contributed by atoms with Crippen molar-refractivity contribution in [1.82, 2.24) is 26.6 Å². The van der Waals surface area contributed by atoms with E-state index in [1.807, 2.05) is 0 Å². The average Bonchev–Trinajstić information content (AvgIpc) is 2.98. The minimum Gasteiger partial charge on any atom is -0.444 e. The van der Waals surface area contributed by atoms with Gasteiger partial charge >= 0.3 is 6.09 Å². The molecule has 18 nitrogen and oxygen atoms in total. The van der Waals surface area contributed by atoms with Gasteiger partial charge in [0.25, 0.3) is 5.69 Å². The van der Waals surface area contributed by atoms with Gasteiger partial charge in [0, 0.05) is 24.2 Å². The number of nitro groups is 1. The normalized spacial score (nSPS) is 14.2. The molecule has 0 heterocycles. The average molecular weight is 707 g/mol. The highest BCUT2D eigenvalue weighted by Gasteiger charge is 2.34. The quantitative estimate of drug-likeness (QED) is 0.0891. The molecule has 0 bridgehead atoms. The highest BCUT2D eigenvalue weighted by atomic mass is 16.6. The standard InChI is InChI=1S/C32H50N8O10/c1-16(2)24(29(45)35-18(5)26(42)34-19(6)27(43)36-20-10-12-21(13-11-20)40(48)49)39-30(46)25(17(3)4)38-28(44)22(14-15-23(33)41)37-31(47)50-32(7,8)9/h10-13,16-19,22,24-25H,14-15H2,1-9H3,(H2,33,41)(H,34,42)(H,35,45)(H,36,43)(H,37,47)(H,38,44)(H,39,46)/t18-,19-,22-,24-,25+/m0/s1. The summed E-state index contributed by atoms with van der Waals surface area (Å²) in [6.07, 6.45) is -1.32. The molecule has 0 aliphatic carbocycles. The van der Waals surface area contributed by atoms with Crippen molar-refractivity contribution in [3.8, 4) is 0 Å². The van der Waals surface area contributed by atoms with Crippen LogP contribution in [0.4, 0.5) is 16.2 Å². The molecule has 1 rings (SSSR count). The molecule has 0 spiro atoms. The van der Waals surface area contributed by atoms with E-state index in [4.69, 9.17) is 10.5 Å². The molecule has 18 heteroatoms. The first kappa shape index (κ1) is 42.7. The number of anilines is 1. The Bertz CT molecular complexity index is 1410. The summed E-state index contributed by atoms with van der Waals surface area (Å²) >= 11 is 0. The number of carbonyl (C=O) groups excluding carboxylic acids is 7. The Morgan fingerprint density at radius 3 is 1.64 bits per heavy atom. The molecular formula is C32H50N8O10. The van der Waals surface area contributed by atoms with E-state index < -0.39 is 94.1 Å². The number of nitro benzene ring substituents is 1. The lowest BCUT2D eigenvalue weighted by molar-refractivity contribution is -0.384. The number of ether oxygens (including phenoxy) is 1. The van der Waals surface area contributed by atoms with Crippen molar-refractivity contribution in [1.29, 1.82) is 0 Å². The molecule has 50 heavy (non-hydrogen) atoms. The van der Waals surface area contributed by atoms with Gasteiger partial charge in [-0.1, -0.05) is 27.7 Å². The van der Waals surface area contributed by atoms with Gasteiger partial charge < -0.3 is 42.4 Å². The van der Waals surface area contributed by atoms with Crippen LogP contribution in [0.2, 0.25) is 0 Å². The number of benzene rings is 1. The lowest BCUT2D eigenvalue weighted by atomic mass is 9.99. The number of carbonyl (C=O) groups is 7. The smallest absolute Gasteiger partial charge is 0.408 e. The number of amides is 7. The molecule has 5 atom stereocenters. The van der Waals surface area contributed by atoms with Crippen LogP contribution in [0.3, 0.4) is 0 Å². The molecule has 0 aliphatic heterocycles. The molecule has 1 aromatic rings. The number of rotatable bonds is 17. The fourth-order valence-corrected chi connectivity index (χ4v) is 4.26. The summed E-state index contributed by atoms with van der Waals surface area (Å²) in [6, 6.07) is -0.679. The maximum absolute atomic E-state index is 13.4.